The predicted molar refractivity (Wildman–Crippen MR) is 62.6 cm³/mol. The number of halogens is 1. The van der Waals surface area contributed by atoms with E-state index in [2.05, 4.69) is 4.52 Å². The Morgan fingerprint density at radius 1 is 0.923 bits per heavy atom. The van der Waals surface area contributed by atoms with Gasteiger partial charge in [-0.3, -0.25) is 0 Å². The van der Waals surface area contributed by atoms with E-state index in [4.69, 9.17) is 0 Å². The molecule has 0 aromatic heterocycles. The number of nitrogens with zero attached hydrogens (tertiary/aromatic N) is 4. The molecule has 0 radical (unpaired) electrons. The first kappa shape index (κ1) is 13.5. The Morgan fingerprint density at radius 2 is 1.15 bits per heavy atom. The van der Waals surface area contributed by atoms with Crippen molar-refractivity contribution in [1.82, 2.24) is 14.0 Å². The van der Waals surface area contributed by atoms with Crippen LogP contribution in [0, 0.1) is 0 Å². The summed E-state index contributed by atoms with van der Waals surface area (Å²) in [5.41, 5.74) is 0. The van der Waals surface area contributed by atoms with Crippen molar-refractivity contribution in [2.75, 3.05) is 42.3 Å². The molecule has 0 aliphatic heterocycles. The Morgan fingerprint density at radius 3 is 1.15 bits per heavy atom. The third-order valence-electron chi connectivity index (χ3n) is 2.31. The molecule has 0 saturated carbocycles. The van der Waals surface area contributed by atoms with E-state index in [1.807, 2.05) is 0 Å². The van der Waals surface area contributed by atoms with Gasteiger partial charge in [0.1, 0.15) is 0 Å². The molecule has 0 rings (SSSR count). The van der Waals surface area contributed by atoms with E-state index in [1.54, 1.807) is 56.3 Å². The van der Waals surface area contributed by atoms with Crippen LogP contribution in [0.1, 0.15) is 0 Å². The Balaban J connectivity index is 5.46. The minimum absolute atomic E-state index is 1.32. The summed E-state index contributed by atoms with van der Waals surface area (Å²) in [5, 5.41) is 0. The van der Waals surface area contributed by atoms with E-state index in [-0.39, 0.29) is 0 Å². The molecule has 0 aliphatic carbocycles. The SMILES string of the molecule is CN(C)P(F)(N=[PH3])(N(C)C)N(C)C. The van der Waals surface area contributed by atoms with Gasteiger partial charge < -0.3 is 0 Å². The average Bonchev–Trinajstić information content (AvgIpc) is 2.01. The number of hydrogen-bond acceptors (Lipinski definition) is 4. The zero-order valence-corrected chi connectivity index (χ0v) is 11.6. The molecule has 0 heterocycles. The molecule has 0 N–H and O–H groups in total. The van der Waals surface area contributed by atoms with Crippen LogP contribution in [0.15, 0.2) is 4.52 Å². The molecule has 0 spiro atoms. The van der Waals surface area contributed by atoms with Crippen LogP contribution in [-0.2, 0) is 0 Å². The van der Waals surface area contributed by atoms with E-state index in [1.165, 1.54) is 9.03 Å². The second kappa shape index (κ2) is 3.92. The first-order valence-electron chi connectivity index (χ1n) is 3.97. The molecule has 0 saturated heterocycles. The molecule has 13 heavy (non-hydrogen) atoms. The van der Waals surface area contributed by atoms with Gasteiger partial charge in [-0.05, 0) is 0 Å². The molecular formula is C6H21FN4P2. The molecule has 7 heteroatoms. The summed E-state index contributed by atoms with van der Waals surface area (Å²) in [6, 6.07) is 0. The Kier molecular flexibility index (Phi) is 4.06. The first-order chi connectivity index (χ1) is 5.71. The van der Waals surface area contributed by atoms with Crippen molar-refractivity contribution in [1.29, 1.82) is 0 Å². The van der Waals surface area contributed by atoms with E-state index < -0.39 is 7.52 Å². The molecule has 1 atom stereocenters. The Bertz CT molecular complexity index is 182. The van der Waals surface area contributed by atoms with Crippen molar-refractivity contribution in [2.24, 2.45) is 4.52 Å². The fourth-order valence-corrected chi connectivity index (χ4v) is 6.64. The number of hydrogen-bond donors (Lipinski definition) is 0. The van der Waals surface area contributed by atoms with Gasteiger partial charge in [0.2, 0.25) is 0 Å². The minimum atomic E-state index is -3.84. The molecule has 0 amide bonds. The molecular weight excluding hydrogens is 209 g/mol. The van der Waals surface area contributed by atoms with Crippen molar-refractivity contribution in [3.8, 4) is 0 Å². The quantitative estimate of drug-likeness (QED) is 0.684. The molecule has 0 fully saturated rings. The van der Waals surface area contributed by atoms with Gasteiger partial charge in [0.15, 0.2) is 0 Å². The Hall–Kier alpha value is 0.470. The zero-order chi connectivity index (χ0) is 10.9. The first-order valence-corrected chi connectivity index (χ1v) is 6.54. The normalized spacial score (nSPS) is 16.6. The van der Waals surface area contributed by atoms with Gasteiger partial charge >= 0.3 is 81.6 Å². The van der Waals surface area contributed by atoms with E-state index >= 15 is 4.20 Å². The van der Waals surface area contributed by atoms with Crippen LogP contribution in [0.25, 0.3) is 0 Å². The van der Waals surface area contributed by atoms with Gasteiger partial charge in [-0.25, -0.2) is 0 Å². The van der Waals surface area contributed by atoms with Crippen molar-refractivity contribution in [3.63, 3.8) is 0 Å². The number of rotatable bonds is 4. The summed E-state index contributed by atoms with van der Waals surface area (Å²) in [6.07, 6.45) is 0. The van der Waals surface area contributed by atoms with Crippen LogP contribution in [0.3, 0.4) is 0 Å². The van der Waals surface area contributed by atoms with Gasteiger partial charge in [-0.15, -0.1) is 0 Å². The second-order valence-corrected chi connectivity index (χ2v) is 8.73. The van der Waals surface area contributed by atoms with Gasteiger partial charge in [-0.1, -0.05) is 0 Å². The van der Waals surface area contributed by atoms with E-state index in [0.717, 1.165) is 0 Å². The van der Waals surface area contributed by atoms with Crippen LogP contribution in [0.4, 0.5) is 4.20 Å². The third-order valence-corrected chi connectivity index (χ3v) is 8.38. The summed E-state index contributed by atoms with van der Waals surface area (Å²) in [5.74, 6) is 0. The van der Waals surface area contributed by atoms with E-state index in [9.17, 15) is 0 Å². The van der Waals surface area contributed by atoms with Crippen LogP contribution >= 0.6 is 16.5 Å². The third kappa shape index (κ3) is 1.69. The van der Waals surface area contributed by atoms with Crippen LogP contribution in [0.5, 0.6) is 0 Å². The van der Waals surface area contributed by atoms with Crippen molar-refractivity contribution in [2.45, 2.75) is 0 Å². The zero-order valence-electron chi connectivity index (χ0n) is 9.32. The van der Waals surface area contributed by atoms with Gasteiger partial charge in [0, 0.05) is 0 Å². The topological polar surface area (TPSA) is 22.1 Å². The van der Waals surface area contributed by atoms with Crippen molar-refractivity contribution < 1.29 is 4.20 Å². The molecule has 1 unspecified atom stereocenters. The fraction of sp³-hybridized carbons (Fsp3) is 1.00. The van der Waals surface area contributed by atoms with E-state index in [0.29, 0.717) is 0 Å². The summed E-state index contributed by atoms with van der Waals surface area (Å²) in [4.78, 5) is 0. The summed E-state index contributed by atoms with van der Waals surface area (Å²) in [6.45, 7) is 0. The summed E-state index contributed by atoms with van der Waals surface area (Å²) in [7, 11) is 7.78. The molecule has 0 aromatic carbocycles. The van der Waals surface area contributed by atoms with Crippen molar-refractivity contribution in [3.05, 3.63) is 0 Å². The monoisotopic (exact) mass is 230 g/mol. The van der Waals surface area contributed by atoms with Gasteiger partial charge in [0.25, 0.3) is 0 Å². The van der Waals surface area contributed by atoms with Gasteiger partial charge in [0.05, 0.1) is 0 Å². The molecule has 0 aliphatic rings. The van der Waals surface area contributed by atoms with Crippen LogP contribution in [-0.4, -0.2) is 56.3 Å². The predicted octanol–water partition coefficient (Wildman–Crippen LogP) is 1.56. The second-order valence-electron chi connectivity index (χ2n) is 3.52. The summed E-state index contributed by atoms with van der Waals surface area (Å²) >= 11 is 0. The molecule has 82 valence electrons. The standard InChI is InChI=1S/C6H21FN4P2/c1-9(2)13(7,8-12,10(3)4)11(5)6/h1-6,12H3. The van der Waals surface area contributed by atoms with Crippen molar-refractivity contribution >= 4 is 16.5 Å². The van der Waals surface area contributed by atoms with Crippen LogP contribution < -0.4 is 0 Å². The molecule has 4 nitrogen and oxygen atoms in total. The van der Waals surface area contributed by atoms with Gasteiger partial charge in [-0.2, -0.15) is 0 Å². The Labute approximate surface area is 82.3 Å². The van der Waals surface area contributed by atoms with Crippen LogP contribution in [0.2, 0.25) is 0 Å². The average molecular weight is 230 g/mol. The summed E-state index contributed by atoms with van der Waals surface area (Å²) < 4.78 is 23.8. The maximum atomic E-state index is 15.0. The molecule has 0 aromatic rings. The molecule has 0 bridgehead atoms. The maximum absolute atomic E-state index is 15.0. The fourth-order valence-electron chi connectivity index (χ4n) is 1.45.